The summed E-state index contributed by atoms with van der Waals surface area (Å²) in [4.78, 5) is 2.25. The number of hydrogen-bond acceptors (Lipinski definition) is 3. The van der Waals surface area contributed by atoms with Crippen LogP contribution in [0, 0.1) is 0 Å². The molecule has 0 aliphatic carbocycles. The Hall–Kier alpha value is -1.06. The quantitative estimate of drug-likeness (QED) is 0.840. The SMILES string of the molecule is CC[C@@H](O)c1ccc(N2CCCC2CO)cc1. The van der Waals surface area contributed by atoms with Gasteiger partial charge in [0, 0.05) is 12.2 Å². The molecule has 0 aromatic heterocycles. The second-order valence-corrected chi connectivity index (χ2v) is 4.69. The van der Waals surface area contributed by atoms with Gasteiger partial charge in [0.05, 0.1) is 18.8 Å². The maximum absolute atomic E-state index is 9.73. The van der Waals surface area contributed by atoms with Gasteiger partial charge in [-0.15, -0.1) is 0 Å². The van der Waals surface area contributed by atoms with Crippen LogP contribution in [0.1, 0.15) is 37.9 Å². The lowest BCUT2D eigenvalue weighted by atomic mass is 10.1. The van der Waals surface area contributed by atoms with Crippen LogP contribution in [0.5, 0.6) is 0 Å². The summed E-state index contributed by atoms with van der Waals surface area (Å²) in [5.41, 5.74) is 2.12. The highest BCUT2D eigenvalue weighted by Gasteiger charge is 2.23. The van der Waals surface area contributed by atoms with E-state index in [1.807, 2.05) is 31.2 Å². The molecular formula is C14H21NO2. The second-order valence-electron chi connectivity index (χ2n) is 4.69. The molecule has 94 valence electrons. The highest BCUT2D eigenvalue weighted by atomic mass is 16.3. The molecule has 0 radical (unpaired) electrons. The third-order valence-electron chi connectivity index (χ3n) is 3.58. The fraction of sp³-hybridized carbons (Fsp3) is 0.571. The molecule has 1 unspecified atom stereocenters. The van der Waals surface area contributed by atoms with Crippen LogP contribution in [0.3, 0.4) is 0 Å². The number of benzene rings is 1. The number of hydrogen-bond donors (Lipinski definition) is 2. The van der Waals surface area contributed by atoms with Gasteiger partial charge in [0.15, 0.2) is 0 Å². The topological polar surface area (TPSA) is 43.7 Å². The van der Waals surface area contributed by atoms with Gasteiger partial charge in [-0.05, 0) is 37.0 Å². The Balaban J connectivity index is 2.12. The number of aliphatic hydroxyl groups is 2. The Kier molecular flexibility index (Phi) is 4.02. The molecule has 2 N–H and O–H groups in total. The summed E-state index contributed by atoms with van der Waals surface area (Å²) < 4.78 is 0. The lowest BCUT2D eigenvalue weighted by molar-refractivity contribution is 0.173. The van der Waals surface area contributed by atoms with Crippen LogP contribution in [-0.4, -0.2) is 29.4 Å². The van der Waals surface area contributed by atoms with E-state index in [2.05, 4.69) is 4.90 Å². The predicted octanol–water partition coefficient (Wildman–Crippen LogP) is 2.09. The van der Waals surface area contributed by atoms with E-state index in [1.165, 1.54) is 0 Å². The van der Waals surface area contributed by atoms with Crippen molar-refractivity contribution in [1.82, 2.24) is 0 Å². The van der Waals surface area contributed by atoms with Crippen LogP contribution in [0.4, 0.5) is 5.69 Å². The van der Waals surface area contributed by atoms with Crippen molar-refractivity contribution in [3.05, 3.63) is 29.8 Å². The lowest BCUT2D eigenvalue weighted by Crippen LogP contribution is -2.31. The fourth-order valence-corrected chi connectivity index (χ4v) is 2.49. The molecule has 1 aliphatic heterocycles. The Morgan fingerprint density at radius 2 is 2.06 bits per heavy atom. The van der Waals surface area contributed by atoms with Crippen molar-refractivity contribution in [2.75, 3.05) is 18.1 Å². The molecule has 1 aromatic carbocycles. The van der Waals surface area contributed by atoms with E-state index in [0.29, 0.717) is 0 Å². The maximum Gasteiger partial charge on any atom is 0.0787 e. The third kappa shape index (κ3) is 2.61. The molecule has 2 atom stereocenters. The number of nitrogens with zero attached hydrogens (tertiary/aromatic N) is 1. The molecule has 0 bridgehead atoms. The van der Waals surface area contributed by atoms with Gasteiger partial charge in [0.2, 0.25) is 0 Å². The molecule has 1 aliphatic rings. The smallest absolute Gasteiger partial charge is 0.0787 e. The molecule has 3 nitrogen and oxygen atoms in total. The first kappa shape index (κ1) is 12.4. The molecule has 3 heteroatoms. The number of aliphatic hydroxyl groups excluding tert-OH is 2. The van der Waals surface area contributed by atoms with E-state index in [9.17, 15) is 10.2 Å². The first-order valence-electron chi connectivity index (χ1n) is 6.41. The summed E-state index contributed by atoms with van der Waals surface area (Å²) >= 11 is 0. The van der Waals surface area contributed by atoms with Gasteiger partial charge in [0.1, 0.15) is 0 Å². The molecule has 17 heavy (non-hydrogen) atoms. The van der Waals surface area contributed by atoms with Crippen LogP contribution in [0.25, 0.3) is 0 Å². The minimum Gasteiger partial charge on any atom is -0.394 e. The Morgan fingerprint density at radius 3 is 2.65 bits per heavy atom. The van der Waals surface area contributed by atoms with E-state index in [-0.39, 0.29) is 18.8 Å². The number of anilines is 1. The highest BCUT2D eigenvalue weighted by molar-refractivity contribution is 5.49. The zero-order valence-electron chi connectivity index (χ0n) is 10.3. The largest absolute Gasteiger partial charge is 0.394 e. The first-order valence-corrected chi connectivity index (χ1v) is 6.41. The molecular weight excluding hydrogens is 214 g/mol. The molecule has 2 rings (SSSR count). The van der Waals surface area contributed by atoms with Crippen molar-refractivity contribution in [2.24, 2.45) is 0 Å². The summed E-state index contributed by atoms with van der Waals surface area (Å²) in [5.74, 6) is 0. The van der Waals surface area contributed by atoms with Crippen LogP contribution in [-0.2, 0) is 0 Å². The summed E-state index contributed by atoms with van der Waals surface area (Å²) in [7, 11) is 0. The molecule has 0 amide bonds. The van der Waals surface area contributed by atoms with Gasteiger partial charge < -0.3 is 15.1 Å². The normalized spacial score (nSPS) is 21.8. The van der Waals surface area contributed by atoms with Crippen molar-refractivity contribution >= 4 is 5.69 Å². The molecule has 1 aromatic rings. The average molecular weight is 235 g/mol. The summed E-state index contributed by atoms with van der Waals surface area (Å²) in [5, 5.41) is 19.0. The summed E-state index contributed by atoms with van der Waals surface area (Å²) in [6.07, 6.45) is 2.58. The molecule has 1 fully saturated rings. The van der Waals surface area contributed by atoms with Crippen LogP contribution >= 0.6 is 0 Å². The lowest BCUT2D eigenvalue weighted by Gasteiger charge is -2.25. The van der Waals surface area contributed by atoms with Gasteiger partial charge in [-0.1, -0.05) is 19.1 Å². The summed E-state index contributed by atoms with van der Waals surface area (Å²) in [6, 6.07) is 8.31. The van der Waals surface area contributed by atoms with Gasteiger partial charge in [-0.25, -0.2) is 0 Å². The minimum atomic E-state index is -0.365. The van der Waals surface area contributed by atoms with E-state index < -0.39 is 0 Å². The van der Waals surface area contributed by atoms with Gasteiger partial charge >= 0.3 is 0 Å². The van der Waals surface area contributed by atoms with Gasteiger partial charge in [0.25, 0.3) is 0 Å². The van der Waals surface area contributed by atoms with E-state index >= 15 is 0 Å². The fourth-order valence-electron chi connectivity index (χ4n) is 2.49. The standard InChI is InChI=1S/C14H21NO2/c1-2-14(17)11-5-7-12(8-6-11)15-9-3-4-13(15)10-16/h5-8,13-14,16-17H,2-4,9-10H2,1H3/t13?,14-/m1/s1. The van der Waals surface area contributed by atoms with Crippen molar-refractivity contribution in [1.29, 1.82) is 0 Å². The van der Waals surface area contributed by atoms with Crippen LogP contribution in [0.15, 0.2) is 24.3 Å². The predicted molar refractivity (Wildman–Crippen MR) is 69.1 cm³/mol. The van der Waals surface area contributed by atoms with Gasteiger partial charge in [-0.3, -0.25) is 0 Å². The average Bonchev–Trinajstić information content (AvgIpc) is 2.86. The highest BCUT2D eigenvalue weighted by Crippen LogP contribution is 2.27. The van der Waals surface area contributed by atoms with E-state index in [1.54, 1.807) is 0 Å². The Bertz CT molecular complexity index is 350. The van der Waals surface area contributed by atoms with Crippen molar-refractivity contribution in [3.63, 3.8) is 0 Å². The minimum absolute atomic E-state index is 0.222. The first-order chi connectivity index (χ1) is 8.26. The van der Waals surface area contributed by atoms with Crippen molar-refractivity contribution in [2.45, 2.75) is 38.3 Å². The van der Waals surface area contributed by atoms with Gasteiger partial charge in [-0.2, -0.15) is 0 Å². The Labute approximate surface area is 103 Å². The van der Waals surface area contributed by atoms with Crippen LogP contribution < -0.4 is 4.90 Å². The Morgan fingerprint density at radius 1 is 1.35 bits per heavy atom. The maximum atomic E-state index is 9.73. The molecule has 1 heterocycles. The van der Waals surface area contributed by atoms with E-state index in [0.717, 1.165) is 37.1 Å². The molecule has 0 saturated carbocycles. The zero-order chi connectivity index (χ0) is 12.3. The van der Waals surface area contributed by atoms with Crippen molar-refractivity contribution < 1.29 is 10.2 Å². The van der Waals surface area contributed by atoms with Crippen molar-refractivity contribution in [3.8, 4) is 0 Å². The molecule has 0 spiro atoms. The monoisotopic (exact) mass is 235 g/mol. The summed E-state index contributed by atoms with van der Waals surface area (Å²) in [6.45, 7) is 3.21. The second kappa shape index (κ2) is 5.52. The zero-order valence-corrected chi connectivity index (χ0v) is 10.3. The van der Waals surface area contributed by atoms with Crippen LogP contribution in [0.2, 0.25) is 0 Å². The third-order valence-corrected chi connectivity index (χ3v) is 3.58. The number of rotatable bonds is 4. The molecule has 1 saturated heterocycles. The van der Waals surface area contributed by atoms with E-state index in [4.69, 9.17) is 0 Å².